The SMILES string of the molecule is CCCCC(CC)Nc1ccc(OC(F)F)c(Cl)c1. The molecule has 0 bridgehead atoms. The zero-order valence-corrected chi connectivity index (χ0v) is 12.0. The Kier molecular flexibility index (Phi) is 6.92. The van der Waals surface area contributed by atoms with E-state index in [-0.39, 0.29) is 10.8 Å². The molecule has 1 rings (SSSR count). The molecule has 0 amide bonds. The van der Waals surface area contributed by atoms with Gasteiger partial charge in [0.15, 0.2) is 0 Å². The average molecular weight is 292 g/mol. The van der Waals surface area contributed by atoms with Crippen molar-refractivity contribution in [3.63, 3.8) is 0 Å². The topological polar surface area (TPSA) is 21.3 Å². The Hall–Kier alpha value is -1.03. The standard InChI is InChI=1S/C14H20ClF2NO/c1-3-5-6-10(4-2)18-11-7-8-13(12(15)9-11)19-14(16)17/h7-10,14,18H,3-6H2,1-2H3. The number of benzene rings is 1. The van der Waals surface area contributed by atoms with Gasteiger partial charge in [0.25, 0.3) is 0 Å². The Morgan fingerprint density at radius 2 is 2.05 bits per heavy atom. The van der Waals surface area contributed by atoms with Gasteiger partial charge in [-0.05, 0) is 31.0 Å². The molecule has 0 aliphatic rings. The number of nitrogens with one attached hydrogen (secondary N) is 1. The van der Waals surface area contributed by atoms with Crippen molar-refractivity contribution in [3.8, 4) is 5.75 Å². The lowest BCUT2D eigenvalue weighted by molar-refractivity contribution is -0.0497. The Balaban J connectivity index is 2.66. The molecule has 2 nitrogen and oxygen atoms in total. The number of ether oxygens (including phenoxy) is 1. The lowest BCUT2D eigenvalue weighted by Crippen LogP contribution is -2.18. The second kappa shape index (κ2) is 8.20. The van der Waals surface area contributed by atoms with Crippen LogP contribution in [0, 0.1) is 0 Å². The molecule has 19 heavy (non-hydrogen) atoms. The van der Waals surface area contributed by atoms with Gasteiger partial charge >= 0.3 is 6.61 Å². The molecule has 1 aromatic rings. The van der Waals surface area contributed by atoms with E-state index in [0.29, 0.717) is 6.04 Å². The number of anilines is 1. The molecule has 0 saturated carbocycles. The molecule has 0 heterocycles. The summed E-state index contributed by atoms with van der Waals surface area (Å²) in [6, 6.07) is 5.16. The predicted molar refractivity (Wildman–Crippen MR) is 75.3 cm³/mol. The predicted octanol–water partition coefficient (Wildman–Crippen LogP) is 5.32. The number of rotatable bonds is 8. The molecular weight excluding hydrogens is 272 g/mol. The van der Waals surface area contributed by atoms with Gasteiger partial charge < -0.3 is 10.1 Å². The van der Waals surface area contributed by atoms with Crippen LogP contribution in [-0.4, -0.2) is 12.7 Å². The van der Waals surface area contributed by atoms with Crippen molar-refractivity contribution in [2.45, 2.75) is 52.2 Å². The number of unbranched alkanes of at least 4 members (excludes halogenated alkanes) is 1. The number of alkyl halides is 2. The summed E-state index contributed by atoms with van der Waals surface area (Å²) < 4.78 is 28.5. The molecule has 0 fully saturated rings. The highest BCUT2D eigenvalue weighted by Gasteiger charge is 2.10. The summed E-state index contributed by atoms with van der Waals surface area (Å²) in [5.41, 5.74) is 0.828. The first-order chi connectivity index (χ1) is 9.06. The largest absolute Gasteiger partial charge is 0.433 e. The van der Waals surface area contributed by atoms with E-state index in [0.717, 1.165) is 31.4 Å². The van der Waals surface area contributed by atoms with Gasteiger partial charge in [-0.3, -0.25) is 0 Å². The molecule has 0 aliphatic heterocycles. The third-order valence-corrected chi connectivity index (χ3v) is 3.21. The highest BCUT2D eigenvalue weighted by atomic mass is 35.5. The van der Waals surface area contributed by atoms with E-state index in [1.807, 2.05) is 0 Å². The summed E-state index contributed by atoms with van der Waals surface area (Å²) in [6.45, 7) is 1.41. The monoisotopic (exact) mass is 291 g/mol. The van der Waals surface area contributed by atoms with E-state index in [1.54, 1.807) is 12.1 Å². The van der Waals surface area contributed by atoms with Crippen molar-refractivity contribution < 1.29 is 13.5 Å². The third-order valence-electron chi connectivity index (χ3n) is 2.92. The fourth-order valence-electron chi connectivity index (χ4n) is 1.85. The minimum atomic E-state index is -2.86. The van der Waals surface area contributed by atoms with Gasteiger partial charge in [0, 0.05) is 11.7 Å². The number of halogens is 3. The van der Waals surface area contributed by atoms with Crippen molar-refractivity contribution in [1.82, 2.24) is 0 Å². The lowest BCUT2D eigenvalue weighted by atomic mass is 10.1. The summed E-state index contributed by atoms with van der Waals surface area (Å²) in [5, 5.41) is 3.55. The smallest absolute Gasteiger partial charge is 0.387 e. The van der Waals surface area contributed by atoms with E-state index in [1.165, 1.54) is 6.07 Å². The molecule has 0 aromatic heterocycles. The Labute approximate surface area is 118 Å². The maximum Gasteiger partial charge on any atom is 0.387 e. The van der Waals surface area contributed by atoms with Crippen LogP contribution >= 0.6 is 11.6 Å². The molecule has 5 heteroatoms. The number of hydrogen-bond donors (Lipinski definition) is 1. The van der Waals surface area contributed by atoms with Gasteiger partial charge in [0.05, 0.1) is 5.02 Å². The molecule has 108 valence electrons. The second-order valence-corrected chi connectivity index (χ2v) is 4.82. The van der Waals surface area contributed by atoms with E-state index < -0.39 is 6.61 Å². The second-order valence-electron chi connectivity index (χ2n) is 4.42. The van der Waals surface area contributed by atoms with E-state index in [2.05, 4.69) is 23.9 Å². The first kappa shape index (κ1) is 16.0. The maximum atomic E-state index is 12.1. The summed E-state index contributed by atoms with van der Waals surface area (Å²) in [6.07, 6.45) is 4.40. The van der Waals surface area contributed by atoms with Crippen molar-refractivity contribution in [3.05, 3.63) is 23.2 Å². The third kappa shape index (κ3) is 5.64. The van der Waals surface area contributed by atoms with Crippen molar-refractivity contribution in [1.29, 1.82) is 0 Å². The summed E-state index contributed by atoms with van der Waals surface area (Å²) in [5.74, 6) is 0.00354. The summed E-state index contributed by atoms with van der Waals surface area (Å²) in [4.78, 5) is 0. The first-order valence-corrected chi connectivity index (χ1v) is 6.95. The highest BCUT2D eigenvalue weighted by Crippen LogP contribution is 2.29. The summed E-state index contributed by atoms with van der Waals surface area (Å²) in [7, 11) is 0. The van der Waals surface area contributed by atoms with Crippen molar-refractivity contribution in [2.24, 2.45) is 0 Å². The van der Waals surface area contributed by atoms with E-state index in [9.17, 15) is 8.78 Å². The van der Waals surface area contributed by atoms with Gasteiger partial charge in [-0.1, -0.05) is 38.3 Å². The molecule has 1 atom stereocenters. The Bertz CT molecular complexity index is 388. The quantitative estimate of drug-likeness (QED) is 0.699. The minimum absolute atomic E-state index is 0.00354. The van der Waals surface area contributed by atoms with Gasteiger partial charge in [-0.25, -0.2) is 0 Å². The van der Waals surface area contributed by atoms with Crippen LogP contribution in [0.2, 0.25) is 5.02 Å². The van der Waals surface area contributed by atoms with E-state index >= 15 is 0 Å². The molecule has 0 radical (unpaired) electrons. The normalized spacial score (nSPS) is 12.5. The van der Waals surface area contributed by atoms with Crippen molar-refractivity contribution >= 4 is 17.3 Å². The lowest BCUT2D eigenvalue weighted by Gasteiger charge is -2.18. The average Bonchev–Trinajstić information content (AvgIpc) is 2.37. The van der Waals surface area contributed by atoms with Gasteiger partial charge in [-0.15, -0.1) is 0 Å². The molecular formula is C14H20ClF2NO. The van der Waals surface area contributed by atoms with Crippen LogP contribution in [0.4, 0.5) is 14.5 Å². The van der Waals surface area contributed by atoms with Crippen molar-refractivity contribution in [2.75, 3.05) is 5.32 Å². The Morgan fingerprint density at radius 1 is 1.32 bits per heavy atom. The van der Waals surface area contributed by atoms with Gasteiger partial charge in [0.1, 0.15) is 5.75 Å². The van der Waals surface area contributed by atoms with Crippen LogP contribution < -0.4 is 10.1 Å². The molecule has 1 unspecified atom stereocenters. The van der Waals surface area contributed by atoms with Crippen LogP contribution in [0.5, 0.6) is 5.75 Å². The highest BCUT2D eigenvalue weighted by molar-refractivity contribution is 6.32. The number of hydrogen-bond acceptors (Lipinski definition) is 2. The first-order valence-electron chi connectivity index (χ1n) is 6.57. The van der Waals surface area contributed by atoms with Crippen LogP contribution in [0.15, 0.2) is 18.2 Å². The van der Waals surface area contributed by atoms with Gasteiger partial charge in [0.2, 0.25) is 0 Å². The zero-order valence-electron chi connectivity index (χ0n) is 11.3. The molecule has 0 saturated heterocycles. The molecule has 0 spiro atoms. The van der Waals surface area contributed by atoms with Gasteiger partial charge in [-0.2, -0.15) is 8.78 Å². The van der Waals surface area contributed by atoms with E-state index in [4.69, 9.17) is 11.6 Å². The Morgan fingerprint density at radius 3 is 2.58 bits per heavy atom. The van der Waals surface area contributed by atoms with Crippen LogP contribution in [0.3, 0.4) is 0 Å². The fourth-order valence-corrected chi connectivity index (χ4v) is 2.07. The zero-order chi connectivity index (χ0) is 14.3. The maximum absolute atomic E-state index is 12.1. The van der Waals surface area contributed by atoms with Crippen LogP contribution in [0.1, 0.15) is 39.5 Å². The van der Waals surface area contributed by atoms with Crippen LogP contribution in [-0.2, 0) is 0 Å². The minimum Gasteiger partial charge on any atom is -0.433 e. The summed E-state index contributed by atoms with van der Waals surface area (Å²) >= 11 is 5.91. The van der Waals surface area contributed by atoms with Crippen LogP contribution in [0.25, 0.3) is 0 Å². The fraction of sp³-hybridized carbons (Fsp3) is 0.571. The molecule has 1 aromatic carbocycles. The molecule has 0 aliphatic carbocycles. The molecule has 1 N–H and O–H groups in total.